The van der Waals surface area contributed by atoms with E-state index in [1.165, 1.54) is 32.4 Å². The van der Waals surface area contributed by atoms with Gasteiger partial charge in [-0.15, -0.1) is 0 Å². The zero-order chi connectivity index (χ0) is 12.3. The van der Waals surface area contributed by atoms with Gasteiger partial charge in [0.15, 0.2) is 16.9 Å². The molecule has 8 heteroatoms. The van der Waals surface area contributed by atoms with Crippen LogP contribution in [0.15, 0.2) is 18.2 Å². The molecule has 0 amide bonds. The Morgan fingerprint density at radius 1 is 1.24 bits per heavy atom. The molecule has 0 radical (unpaired) electrons. The van der Waals surface area contributed by atoms with E-state index in [4.69, 9.17) is 9.47 Å². The molecule has 0 saturated carbocycles. The topological polar surface area (TPSA) is 95.9 Å². The summed E-state index contributed by atoms with van der Waals surface area (Å²) in [5, 5.41) is 9.24. The van der Waals surface area contributed by atoms with Crippen molar-refractivity contribution in [2.75, 3.05) is 14.2 Å². The van der Waals surface area contributed by atoms with Crippen LogP contribution < -0.4 is 39.0 Å². The summed E-state index contributed by atoms with van der Waals surface area (Å²) >= 11 is 0. The molecule has 0 spiro atoms. The summed E-state index contributed by atoms with van der Waals surface area (Å²) in [5.41, 5.74) is -2.17. The predicted molar refractivity (Wildman–Crippen MR) is 54.2 cm³/mol. The Labute approximate surface area is 122 Å². The van der Waals surface area contributed by atoms with Crippen LogP contribution >= 0.6 is 0 Å². The van der Waals surface area contributed by atoms with Crippen LogP contribution in [0, 0.1) is 0 Å². The predicted octanol–water partition coefficient (Wildman–Crippen LogP) is -2.76. The van der Waals surface area contributed by atoms with E-state index in [1.807, 2.05) is 0 Å². The number of hydrogen-bond acceptors (Lipinski definition) is 6. The summed E-state index contributed by atoms with van der Waals surface area (Å²) in [6.45, 7) is 0. The molecule has 1 aromatic carbocycles. The van der Waals surface area contributed by atoms with Crippen molar-refractivity contribution in [3.05, 3.63) is 23.8 Å². The number of aliphatic hydroxyl groups excluding tert-OH is 1. The van der Waals surface area contributed by atoms with Gasteiger partial charge in [-0.05, 0) is 17.7 Å². The van der Waals surface area contributed by atoms with Crippen molar-refractivity contribution in [2.45, 2.75) is 5.44 Å². The van der Waals surface area contributed by atoms with Crippen LogP contribution in [0.25, 0.3) is 0 Å². The molecule has 0 aromatic heterocycles. The number of benzene rings is 1. The Hall–Kier alpha value is -0.310. The Bertz CT molecular complexity index is 472. The van der Waals surface area contributed by atoms with Crippen molar-refractivity contribution in [1.82, 2.24) is 0 Å². The Kier molecular flexibility index (Phi) is 6.46. The largest absolute Gasteiger partial charge is 1.00 e. The second-order valence-electron chi connectivity index (χ2n) is 2.96. The third-order valence-corrected chi connectivity index (χ3v) is 2.79. The first kappa shape index (κ1) is 16.7. The van der Waals surface area contributed by atoms with Crippen molar-refractivity contribution in [1.29, 1.82) is 0 Å². The van der Waals surface area contributed by atoms with Gasteiger partial charge in [0, 0.05) is 0 Å². The smallest absolute Gasteiger partial charge is 0.746 e. The van der Waals surface area contributed by atoms with Crippen molar-refractivity contribution >= 4 is 10.1 Å². The van der Waals surface area contributed by atoms with Gasteiger partial charge in [-0.25, -0.2) is 8.42 Å². The molecular weight excluding hydrogens is 259 g/mol. The quantitative estimate of drug-likeness (QED) is 0.470. The minimum Gasteiger partial charge on any atom is -0.746 e. The summed E-state index contributed by atoms with van der Waals surface area (Å²) in [6.07, 6.45) is 0. The van der Waals surface area contributed by atoms with E-state index >= 15 is 0 Å². The fourth-order valence-electron chi connectivity index (χ4n) is 1.17. The van der Waals surface area contributed by atoms with Gasteiger partial charge >= 0.3 is 29.6 Å². The number of aliphatic hydroxyl groups is 1. The molecule has 17 heavy (non-hydrogen) atoms. The van der Waals surface area contributed by atoms with Gasteiger partial charge in [0.25, 0.3) is 0 Å². The standard InChI is InChI=1S/C9H12O6S.Na/c1-14-7-4-3-6(5-8(7)15-2)9(10)16(11,12)13;/h3-5,9-10H,1-2H3,(H,11,12,13);/q;+1/p-1. The summed E-state index contributed by atoms with van der Waals surface area (Å²) in [5.74, 6) is 0.615. The van der Waals surface area contributed by atoms with Gasteiger partial charge in [-0.2, -0.15) is 0 Å². The maximum absolute atomic E-state index is 10.6. The van der Waals surface area contributed by atoms with E-state index in [-0.39, 0.29) is 40.9 Å². The normalized spacial score (nSPS) is 12.5. The van der Waals surface area contributed by atoms with Crippen LogP contribution in [0.2, 0.25) is 0 Å². The van der Waals surface area contributed by atoms with Gasteiger partial charge < -0.3 is 19.1 Å². The number of hydrogen-bond donors (Lipinski definition) is 1. The number of ether oxygens (including phenoxy) is 2. The van der Waals surface area contributed by atoms with Crippen LogP contribution in [-0.4, -0.2) is 32.3 Å². The van der Waals surface area contributed by atoms with Gasteiger partial charge in [0.05, 0.1) is 14.2 Å². The van der Waals surface area contributed by atoms with Crippen molar-refractivity contribution < 1.29 is 57.1 Å². The summed E-state index contributed by atoms with van der Waals surface area (Å²) < 4.78 is 41.7. The molecule has 0 aliphatic rings. The Morgan fingerprint density at radius 2 is 1.76 bits per heavy atom. The van der Waals surface area contributed by atoms with Crippen molar-refractivity contribution in [3.63, 3.8) is 0 Å². The molecule has 0 heterocycles. The molecule has 6 nitrogen and oxygen atoms in total. The number of methoxy groups -OCH3 is 2. The average molecular weight is 270 g/mol. The zero-order valence-corrected chi connectivity index (χ0v) is 12.5. The molecule has 90 valence electrons. The van der Waals surface area contributed by atoms with Crippen molar-refractivity contribution in [2.24, 2.45) is 0 Å². The molecule has 0 fully saturated rings. The van der Waals surface area contributed by atoms with E-state index in [0.29, 0.717) is 5.75 Å². The molecule has 1 unspecified atom stereocenters. The van der Waals surface area contributed by atoms with Gasteiger partial charge in [0.1, 0.15) is 10.1 Å². The SMILES string of the molecule is COc1ccc(C(O)S(=O)(=O)[O-])cc1OC.[Na+]. The van der Waals surface area contributed by atoms with Gasteiger partial charge in [-0.1, -0.05) is 6.07 Å². The first-order valence-electron chi connectivity index (χ1n) is 4.25. The maximum atomic E-state index is 10.6. The summed E-state index contributed by atoms with van der Waals surface area (Å²) in [6, 6.07) is 3.92. The Balaban J connectivity index is 0.00000256. The first-order valence-corrected chi connectivity index (χ1v) is 5.72. The van der Waals surface area contributed by atoms with Crippen LogP contribution in [0.3, 0.4) is 0 Å². The molecule has 0 bridgehead atoms. The monoisotopic (exact) mass is 270 g/mol. The van der Waals surface area contributed by atoms with Crippen molar-refractivity contribution in [3.8, 4) is 11.5 Å². The molecule has 1 N–H and O–H groups in total. The minimum absolute atomic E-state index is 0. The Morgan fingerprint density at radius 3 is 2.18 bits per heavy atom. The fraction of sp³-hybridized carbons (Fsp3) is 0.333. The minimum atomic E-state index is -4.79. The average Bonchev–Trinajstić information content (AvgIpc) is 2.25. The zero-order valence-electron chi connectivity index (χ0n) is 9.71. The molecule has 1 aromatic rings. The second-order valence-corrected chi connectivity index (χ2v) is 4.39. The molecule has 1 rings (SSSR count). The summed E-state index contributed by atoms with van der Waals surface area (Å²) in [7, 11) is -2.02. The van der Waals surface area contributed by atoms with Gasteiger partial charge in [-0.3, -0.25) is 0 Å². The second kappa shape index (κ2) is 6.58. The van der Waals surface area contributed by atoms with E-state index in [2.05, 4.69) is 0 Å². The third-order valence-electron chi connectivity index (χ3n) is 1.97. The van der Waals surface area contributed by atoms with E-state index in [0.717, 1.165) is 0 Å². The first-order chi connectivity index (χ1) is 7.40. The fourth-order valence-corrected chi connectivity index (χ4v) is 1.65. The van der Waals surface area contributed by atoms with E-state index in [1.54, 1.807) is 0 Å². The van der Waals surface area contributed by atoms with E-state index in [9.17, 15) is 18.1 Å². The number of rotatable bonds is 4. The van der Waals surface area contributed by atoms with Crippen LogP contribution in [0.4, 0.5) is 0 Å². The molecule has 0 saturated heterocycles. The van der Waals surface area contributed by atoms with Gasteiger partial charge in [0.2, 0.25) is 0 Å². The van der Waals surface area contributed by atoms with E-state index < -0.39 is 15.6 Å². The molecular formula is C9H11NaO6S. The van der Waals surface area contributed by atoms with Crippen LogP contribution in [0.5, 0.6) is 11.5 Å². The molecule has 1 atom stereocenters. The molecule has 0 aliphatic carbocycles. The summed E-state index contributed by atoms with van der Waals surface area (Å²) in [4.78, 5) is 0. The maximum Gasteiger partial charge on any atom is 1.00 e. The van der Waals surface area contributed by atoms with Crippen LogP contribution in [0.1, 0.15) is 11.0 Å². The third kappa shape index (κ3) is 4.13. The molecule has 0 aliphatic heterocycles. The van der Waals surface area contributed by atoms with Crippen LogP contribution in [-0.2, 0) is 10.1 Å².